The van der Waals surface area contributed by atoms with E-state index >= 15 is 0 Å². The van der Waals surface area contributed by atoms with Crippen LogP contribution in [0.5, 0.6) is 5.88 Å². The van der Waals surface area contributed by atoms with Gasteiger partial charge in [-0.25, -0.2) is 4.98 Å². The van der Waals surface area contributed by atoms with E-state index in [1.165, 1.54) is 4.90 Å². The van der Waals surface area contributed by atoms with Crippen LogP contribution >= 0.6 is 11.8 Å². The maximum atomic E-state index is 5.02. The van der Waals surface area contributed by atoms with Gasteiger partial charge in [0, 0.05) is 29.4 Å². The maximum absolute atomic E-state index is 5.02. The van der Waals surface area contributed by atoms with Crippen LogP contribution in [0.2, 0.25) is 0 Å². The van der Waals surface area contributed by atoms with Gasteiger partial charge >= 0.3 is 0 Å². The van der Waals surface area contributed by atoms with Gasteiger partial charge in [-0.1, -0.05) is 6.07 Å². The number of hydrogen-bond donors (Lipinski definition) is 1. The minimum Gasteiger partial charge on any atom is -0.481 e. The molecule has 1 aromatic heterocycles. The summed E-state index contributed by atoms with van der Waals surface area (Å²) < 4.78 is 5.02. The number of nitrogens with zero attached hydrogens (tertiary/aromatic N) is 1. The fraction of sp³-hybridized carbons (Fsp3) is 0.214. The van der Waals surface area contributed by atoms with Gasteiger partial charge < -0.3 is 10.1 Å². The Balaban J connectivity index is 1.93. The Morgan fingerprint density at radius 1 is 1.17 bits per heavy atom. The second-order valence-electron chi connectivity index (χ2n) is 3.79. The fourth-order valence-electron chi connectivity index (χ4n) is 1.55. The van der Waals surface area contributed by atoms with Crippen LogP contribution < -0.4 is 10.1 Å². The molecular formula is C14H16N2OS. The Bertz CT molecular complexity index is 435. The predicted octanol–water partition coefficient (Wildman–Crippen LogP) is 3.42. The summed E-state index contributed by atoms with van der Waals surface area (Å²) in [6, 6.07) is 12.3. The molecule has 1 aromatic carbocycles. The third-order valence-electron chi connectivity index (χ3n) is 2.59. The first-order chi connectivity index (χ1) is 8.81. The molecular weight excluding hydrogens is 244 g/mol. The van der Waals surface area contributed by atoms with Gasteiger partial charge in [-0.2, -0.15) is 0 Å². The first-order valence-electron chi connectivity index (χ1n) is 5.68. The number of ether oxygens (including phenoxy) is 1. The number of anilines is 1. The van der Waals surface area contributed by atoms with Crippen molar-refractivity contribution >= 4 is 17.4 Å². The number of pyridine rings is 1. The monoisotopic (exact) mass is 260 g/mol. The van der Waals surface area contributed by atoms with Crippen molar-refractivity contribution in [3.8, 4) is 5.88 Å². The highest BCUT2D eigenvalue weighted by Gasteiger charge is 1.97. The van der Waals surface area contributed by atoms with Crippen molar-refractivity contribution in [1.29, 1.82) is 0 Å². The zero-order chi connectivity index (χ0) is 12.8. The van der Waals surface area contributed by atoms with E-state index in [4.69, 9.17) is 4.74 Å². The average Bonchev–Trinajstić information content (AvgIpc) is 2.46. The van der Waals surface area contributed by atoms with Crippen LogP contribution in [0.3, 0.4) is 0 Å². The summed E-state index contributed by atoms with van der Waals surface area (Å²) in [5.41, 5.74) is 2.24. The highest BCUT2D eigenvalue weighted by molar-refractivity contribution is 7.98. The number of thioether (sulfide) groups is 1. The molecule has 2 rings (SSSR count). The van der Waals surface area contributed by atoms with E-state index in [9.17, 15) is 0 Å². The van der Waals surface area contributed by atoms with E-state index in [1.807, 2.05) is 18.3 Å². The molecule has 2 aromatic rings. The van der Waals surface area contributed by atoms with Crippen LogP contribution in [0.25, 0.3) is 0 Å². The Morgan fingerprint density at radius 3 is 2.50 bits per heavy atom. The van der Waals surface area contributed by atoms with Gasteiger partial charge in [-0.05, 0) is 36.1 Å². The molecule has 0 saturated carbocycles. The summed E-state index contributed by atoms with van der Waals surface area (Å²) in [6.45, 7) is 0.760. The molecule has 18 heavy (non-hydrogen) atoms. The van der Waals surface area contributed by atoms with Crippen LogP contribution in [0.15, 0.2) is 47.5 Å². The largest absolute Gasteiger partial charge is 0.481 e. The Kier molecular flexibility index (Phi) is 4.47. The van der Waals surface area contributed by atoms with E-state index in [0.717, 1.165) is 17.8 Å². The third kappa shape index (κ3) is 3.40. The topological polar surface area (TPSA) is 34.1 Å². The van der Waals surface area contributed by atoms with Crippen LogP contribution in [-0.4, -0.2) is 18.3 Å². The third-order valence-corrected chi connectivity index (χ3v) is 3.34. The number of benzene rings is 1. The molecule has 4 heteroatoms. The normalized spacial score (nSPS) is 10.1. The molecule has 1 heterocycles. The molecule has 0 aliphatic heterocycles. The molecule has 0 atom stereocenters. The van der Waals surface area contributed by atoms with E-state index in [-0.39, 0.29) is 0 Å². The Hall–Kier alpha value is -1.68. The first-order valence-corrected chi connectivity index (χ1v) is 6.91. The van der Waals surface area contributed by atoms with Crippen molar-refractivity contribution in [3.63, 3.8) is 0 Å². The summed E-state index contributed by atoms with van der Waals surface area (Å²) >= 11 is 1.74. The lowest BCUT2D eigenvalue weighted by Crippen LogP contribution is -2.00. The molecule has 0 amide bonds. The smallest absolute Gasteiger partial charge is 0.212 e. The highest BCUT2D eigenvalue weighted by Crippen LogP contribution is 2.18. The van der Waals surface area contributed by atoms with Crippen LogP contribution in [0.1, 0.15) is 5.56 Å². The summed E-state index contributed by atoms with van der Waals surface area (Å²) in [5.74, 6) is 0.642. The zero-order valence-corrected chi connectivity index (χ0v) is 11.3. The average molecular weight is 260 g/mol. The van der Waals surface area contributed by atoms with Crippen LogP contribution in [0.4, 0.5) is 5.69 Å². The lowest BCUT2D eigenvalue weighted by atomic mass is 10.2. The SMILES string of the molecule is COc1ccc(CNc2ccc(SC)cc2)cn1. The number of rotatable bonds is 5. The van der Waals surface area contributed by atoms with Crippen molar-refractivity contribution in [2.75, 3.05) is 18.7 Å². The molecule has 0 fully saturated rings. The van der Waals surface area contributed by atoms with Gasteiger partial charge in [-0.3, -0.25) is 0 Å². The first kappa shape index (κ1) is 12.8. The van der Waals surface area contributed by atoms with Gasteiger partial charge in [0.2, 0.25) is 5.88 Å². The second-order valence-corrected chi connectivity index (χ2v) is 4.67. The standard InChI is InChI=1S/C14H16N2OS/c1-17-14-8-3-11(10-16-14)9-15-12-4-6-13(18-2)7-5-12/h3-8,10,15H,9H2,1-2H3. The molecule has 0 bridgehead atoms. The van der Waals surface area contributed by atoms with Crippen molar-refractivity contribution in [2.24, 2.45) is 0 Å². The molecule has 3 nitrogen and oxygen atoms in total. The van der Waals surface area contributed by atoms with Crippen LogP contribution in [0, 0.1) is 0 Å². The summed E-state index contributed by atoms with van der Waals surface area (Å²) in [4.78, 5) is 5.44. The van der Waals surface area contributed by atoms with Gasteiger partial charge in [0.05, 0.1) is 7.11 Å². The van der Waals surface area contributed by atoms with Gasteiger partial charge in [0.15, 0.2) is 0 Å². The molecule has 0 saturated heterocycles. The molecule has 0 radical (unpaired) electrons. The van der Waals surface area contributed by atoms with Crippen molar-refractivity contribution < 1.29 is 4.74 Å². The fourth-order valence-corrected chi connectivity index (χ4v) is 1.96. The van der Waals surface area contributed by atoms with Crippen molar-refractivity contribution in [2.45, 2.75) is 11.4 Å². The number of hydrogen-bond acceptors (Lipinski definition) is 4. The van der Waals surface area contributed by atoms with E-state index in [0.29, 0.717) is 5.88 Å². The summed E-state index contributed by atoms with van der Waals surface area (Å²) in [6.07, 6.45) is 3.90. The quantitative estimate of drug-likeness (QED) is 0.835. The van der Waals surface area contributed by atoms with Crippen LogP contribution in [-0.2, 0) is 6.54 Å². The van der Waals surface area contributed by atoms with E-state index in [2.05, 4.69) is 40.8 Å². The highest BCUT2D eigenvalue weighted by atomic mass is 32.2. The predicted molar refractivity (Wildman–Crippen MR) is 76.3 cm³/mol. The van der Waals surface area contributed by atoms with Crippen molar-refractivity contribution in [1.82, 2.24) is 4.98 Å². The maximum Gasteiger partial charge on any atom is 0.212 e. The van der Waals surface area contributed by atoms with E-state index in [1.54, 1.807) is 18.9 Å². The Morgan fingerprint density at radius 2 is 1.94 bits per heavy atom. The van der Waals surface area contributed by atoms with Gasteiger partial charge in [-0.15, -0.1) is 11.8 Å². The zero-order valence-electron chi connectivity index (χ0n) is 10.5. The van der Waals surface area contributed by atoms with Crippen molar-refractivity contribution in [3.05, 3.63) is 48.2 Å². The lowest BCUT2D eigenvalue weighted by molar-refractivity contribution is 0.397. The van der Waals surface area contributed by atoms with E-state index < -0.39 is 0 Å². The second kappa shape index (κ2) is 6.31. The molecule has 1 N–H and O–H groups in total. The number of methoxy groups -OCH3 is 1. The minimum atomic E-state index is 0.642. The van der Waals surface area contributed by atoms with Gasteiger partial charge in [0.25, 0.3) is 0 Å². The number of nitrogens with one attached hydrogen (secondary N) is 1. The number of aromatic nitrogens is 1. The summed E-state index contributed by atoms with van der Waals surface area (Å²) in [5, 5.41) is 3.36. The molecule has 0 unspecified atom stereocenters. The van der Waals surface area contributed by atoms with Gasteiger partial charge in [0.1, 0.15) is 0 Å². The molecule has 0 aliphatic rings. The molecule has 0 spiro atoms. The molecule has 0 aliphatic carbocycles. The molecule has 94 valence electrons. The minimum absolute atomic E-state index is 0.642. The lowest BCUT2D eigenvalue weighted by Gasteiger charge is -2.07. The Labute approximate surface area is 112 Å². The summed E-state index contributed by atoms with van der Waals surface area (Å²) in [7, 11) is 1.62.